The van der Waals surface area contributed by atoms with Gasteiger partial charge in [0, 0.05) is 38.4 Å². The summed E-state index contributed by atoms with van der Waals surface area (Å²) in [5, 5.41) is 12.0. The van der Waals surface area contributed by atoms with Crippen molar-refractivity contribution in [1.82, 2.24) is 19.9 Å². The second kappa shape index (κ2) is 10.2. The summed E-state index contributed by atoms with van der Waals surface area (Å²) < 4.78 is 1.25. The Hall–Kier alpha value is -6.04. The van der Waals surface area contributed by atoms with Crippen LogP contribution in [0.1, 0.15) is 0 Å². The van der Waals surface area contributed by atoms with E-state index in [0.717, 1.165) is 37.7 Å². The molecule has 0 aliphatic carbocycles. The van der Waals surface area contributed by atoms with Crippen LogP contribution in [0.3, 0.4) is 0 Å². The number of thiophene rings is 1. The van der Waals surface area contributed by atoms with Gasteiger partial charge in [-0.15, -0.1) is 11.3 Å². The molecule has 7 aromatic carbocycles. The molecule has 10 aromatic rings. The Bertz CT molecular complexity index is 2870. The highest BCUT2D eigenvalue weighted by molar-refractivity contribution is 7.26. The van der Waals surface area contributed by atoms with Crippen LogP contribution in [0.25, 0.3) is 97.6 Å². The minimum absolute atomic E-state index is 0.650. The Kier molecular flexibility index (Phi) is 5.71. The van der Waals surface area contributed by atoms with Crippen molar-refractivity contribution in [1.29, 1.82) is 0 Å². The maximum absolute atomic E-state index is 5.11. The number of benzene rings is 7. The van der Waals surface area contributed by atoms with Crippen LogP contribution >= 0.6 is 11.3 Å². The molecule has 10 rings (SSSR count). The minimum Gasteiger partial charge on any atom is -0.245 e. The lowest BCUT2D eigenvalue weighted by Gasteiger charge is -2.11. The topological polar surface area (TPSA) is 51.6 Å². The van der Waals surface area contributed by atoms with Crippen molar-refractivity contribution in [3.8, 4) is 34.2 Å². The molecule has 3 heterocycles. The molecule has 4 nitrogen and oxygen atoms in total. The molecule has 0 aliphatic rings. The molecule has 0 saturated carbocycles. The van der Waals surface area contributed by atoms with E-state index in [1.165, 1.54) is 42.4 Å². The number of rotatable bonds is 3. The lowest BCUT2D eigenvalue weighted by atomic mass is 10.00. The fraction of sp³-hybridized carbons (Fsp3) is 0. The first-order valence-electron chi connectivity index (χ1n) is 15.6. The van der Waals surface area contributed by atoms with Gasteiger partial charge in [0.05, 0.1) is 0 Å². The quantitative estimate of drug-likeness (QED) is 0.185. The van der Waals surface area contributed by atoms with Crippen molar-refractivity contribution in [3.05, 3.63) is 146 Å². The first kappa shape index (κ1) is 26.2. The normalized spacial score (nSPS) is 11.8. The first-order chi connectivity index (χ1) is 23.2. The molecule has 0 fully saturated rings. The van der Waals surface area contributed by atoms with Crippen molar-refractivity contribution in [2.75, 3.05) is 0 Å². The van der Waals surface area contributed by atoms with E-state index in [4.69, 9.17) is 15.0 Å². The molecule has 0 aliphatic heterocycles. The van der Waals surface area contributed by atoms with Gasteiger partial charge in [-0.2, -0.15) is 0 Å². The van der Waals surface area contributed by atoms with Crippen LogP contribution in [-0.2, 0) is 0 Å². The molecule has 0 saturated heterocycles. The van der Waals surface area contributed by atoms with Crippen molar-refractivity contribution in [2.45, 2.75) is 0 Å². The van der Waals surface area contributed by atoms with Gasteiger partial charge in [0.2, 0.25) is 0 Å². The molecule has 0 radical (unpaired) electrons. The molecule has 5 heteroatoms. The molecule has 0 bridgehead atoms. The SMILES string of the molecule is c1ccc2cc(-c3nc(-c4ccc5c(ccc6ccccc65)c4)nc(-c4ccc5c(ccc6c7cccnc7sc56)c4)n3)ccc2c1. The predicted octanol–water partition coefficient (Wildman–Crippen LogP) is 11.2. The van der Waals surface area contributed by atoms with E-state index in [-0.39, 0.29) is 0 Å². The standard InChI is InChI=1S/C42H24N4S/c1-2-8-27-22-30(14-11-25(27)6-1)39-44-40(31-16-18-34-28(23-31)13-12-26-7-3-4-9-33(26)34)46-41(45-39)32-17-19-35-29(24-32)15-20-36-37-10-5-21-43-42(37)47-38(35)36/h1-24H. The Morgan fingerprint density at radius 2 is 0.872 bits per heavy atom. The summed E-state index contributed by atoms with van der Waals surface area (Å²) in [6.07, 6.45) is 1.86. The Morgan fingerprint density at radius 1 is 0.362 bits per heavy atom. The smallest absolute Gasteiger partial charge is 0.164 e. The summed E-state index contributed by atoms with van der Waals surface area (Å²) in [7, 11) is 0. The summed E-state index contributed by atoms with van der Waals surface area (Å²) in [4.78, 5) is 20.9. The lowest BCUT2D eigenvalue weighted by Crippen LogP contribution is -2.00. The average molecular weight is 617 g/mol. The monoisotopic (exact) mass is 616 g/mol. The Morgan fingerprint density at radius 3 is 1.66 bits per heavy atom. The Labute approximate surface area is 273 Å². The van der Waals surface area contributed by atoms with Gasteiger partial charge >= 0.3 is 0 Å². The fourth-order valence-corrected chi connectivity index (χ4v) is 7.96. The van der Waals surface area contributed by atoms with Crippen LogP contribution in [0.2, 0.25) is 0 Å². The van der Waals surface area contributed by atoms with Gasteiger partial charge in [-0.1, -0.05) is 109 Å². The fourth-order valence-electron chi connectivity index (χ4n) is 6.78. The van der Waals surface area contributed by atoms with E-state index >= 15 is 0 Å². The van der Waals surface area contributed by atoms with E-state index in [1.54, 1.807) is 11.3 Å². The van der Waals surface area contributed by atoms with E-state index < -0.39 is 0 Å². The third kappa shape index (κ3) is 4.28. The number of hydrogen-bond acceptors (Lipinski definition) is 5. The molecular formula is C42H24N4S. The van der Waals surface area contributed by atoms with Crippen molar-refractivity contribution < 1.29 is 0 Å². The van der Waals surface area contributed by atoms with Gasteiger partial charge in [-0.25, -0.2) is 19.9 Å². The van der Waals surface area contributed by atoms with Gasteiger partial charge in [0.15, 0.2) is 17.5 Å². The number of nitrogens with zero attached hydrogens (tertiary/aromatic N) is 4. The van der Waals surface area contributed by atoms with Gasteiger partial charge in [-0.3, -0.25) is 0 Å². The molecule has 0 N–H and O–H groups in total. The predicted molar refractivity (Wildman–Crippen MR) is 197 cm³/mol. The van der Waals surface area contributed by atoms with E-state index in [2.05, 4.69) is 138 Å². The zero-order chi connectivity index (χ0) is 30.9. The summed E-state index contributed by atoms with van der Waals surface area (Å²) in [5.41, 5.74) is 2.87. The lowest BCUT2D eigenvalue weighted by molar-refractivity contribution is 1.08. The largest absolute Gasteiger partial charge is 0.245 e. The van der Waals surface area contributed by atoms with Crippen LogP contribution in [0, 0.1) is 0 Å². The second-order valence-electron chi connectivity index (χ2n) is 11.9. The minimum atomic E-state index is 0.650. The summed E-state index contributed by atoms with van der Waals surface area (Å²) >= 11 is 1.74. The Balaban J connectivity index is 1.17. The van der Waals surface area contributed by atoms with Crippen LogP contribution in [0.5, 0.6) is 0 Å². The van der Waals surface area contributed by atoms with Crippen LogP contribution in [-0.4, -0.2) is 19.9 Å². The summed E-state index contributed by atoms with van der Waals surface area (Å²) in [5.74, 6) is 1.96. The zero-order valence-corrected chi connectivity index (χ0v) is 25.9. The van der Waals surface area contributed by atoms with Crippen molar-refractivity contribution >= 4 is 74.7 Å². The molecule has 0 amide bonds. The van der Waals surface area contributed by atoms with Gasteiger partial charge in [-0.05, 0) is 73.4 Å². The molecule has 3 aromatic heterocycles. The second-order valence-corrected chi connectivity index (χ2v) is 12.9. The highest BCUT2D eigenvalue weighted by Crippen LogP contribution is 2.39. The third-order valence-corrected chi connectivity index (χ3v) is 10.3. The first-order valence-corrected chi connectivity index (χ1v) is 16.4. The molecule has 0 atom stereocenters. The average Bonchev–Trinajstić information content (AvgIpc) is 3.53. The summed E-state index contributed by atoms with van der Waals surface area (Å²) in [6, 6.07) is 49.2. The molecule has 0 unspecified atom stereocenters. The third-order valence-electron chi connectivity index (χ3n) is 9.13. The van der Waals surface area contributed by atoms with Crippen LogP contribution in [0.4, 0.5) is 0 Å². The molecular weight excluding hydrogens is 593 g/mol. The van der Waals surface area contributed by atoms with Crippen molar-refractivity contribution in [2.24, 2.45) is 0 Å². The zero-order valence-electron chi connectivity index (χ0n) is 25.1. The number of hydrogen-bond donors (Lipinski definition) is 0. The number of fused-ring (bicyclic) bond motifs is 9. The van der Waals surface area contributed by atoms with E-state index in [0.29, 0.717) is 17.5 Å². The van der Waals surface area contributed by atoms with E-state index in [1.807, 2.05) is 12.3 Å². The highest BCUT2D eigenvalue weighted by atomic mass is 32.1. The molecule has 47 heavy (non-hydrogen) atoms. The highest BCUT2D eigenvalue weighted by Gasteiger charge is 2.15. The van der Waals surface area contributed by atoms with Gasteiger partial charge < -0.3 is 0 Å². The number of pyridine rings is 1. The van der Waals surface area contributed by atoms with Crippen molar-refractivity contribution in [3.63, 3.8) is 0 Å². The van der Waals surface area contributed by atoms with Crippen LogP contribution < -0.4 is 0 Å². The maximum Gasteiger partial charge on any atom is 0.164 e. The maximum atomic E-state index is 5.11. The number of aromatic nitrogens is 4. The van der Waals surface area contributed by atoms with Crippen LogP contribution in [0.15, 0.2) is 146 Å². The molecule has 218 valence electrons. The van der Waals surface area contributed by atoms with Gasteiger partial charge in [0.25, 0.3) is 0 Å². The van der Waals surface area contributed by atoms with Gasteiger partial charge in [0.1, 0.15) is 4.83 Å². The summed E-state index contributed by atoms with van der Waals surface area (Å²) in [6.45, 7) is 0. The van der Waals surface area contributed by atoms with E-state index in [9.17, 15) is 0 Å². The molecule has 0 spiro atoms.